The van der Waals surface area contributed by atoms with E-state index >= 15 is 0 Å². The van der Waals surface area contributed by atoms with Crippen LogP contribution >= 0.6 is 0 Å². The van der Waals surface area contributed by atoms with Gasteiger partial charge < -0.3 is 10.2 Å². The Hall–Kier alpha value is -2.29. The average Bonchev–Trinajstić information content (AvgIpc) is 2.41. The molecular formula is C16H18N2O. The Morgan fingerprint density at radius 1 is 1.00 bits per heavy atom. The lowest BCUT2D eigenvalue weighted by atomic mass is 10.1. The summed E-state index contributed by atoms with van der Waals surface area (Å²) in [5.41, 5.74) is 3.68. The molecule has 0 radical (unpaired) electrons. The highest BCUT2D eigenvalue weighted by atomic mass is 16.1. The predicted molar refractivity (Wildman–Crippen MR) is 79.9 cm³/mol. The molecule has 0 atom stereocenters. The highest BCUT2D eigenvalue weighted by Gasteiger charge is 2.09. The minimum atomic E-state index is -0.0837. The average molecular weight is 254 g/mol. The van der Waals surface area contributed by atoms with E-state index in [2.05, 4.69) is 5.32 Å². The summed E-state index contributed by atoms with van der Waals surface area (Å²) in [5, 5.41) is 2.96. The molecule has 1 N–H and O–H groups in total. The molecule has 3 heteroatoms. The highest BCUT2D eigenvalue weighted by Crippen LogP contribution is 2.25. The molecule has 0 aliphatic heterocycles. The fourth-order valence-corrected chi connectivity index (χ4v) is 2.03. The van der Waals surface area contributed by atoms with Crippen molar-refractivity contribution in [3.63, 3.8) is 0 Å². The van der Waals surface area contributed by atoms with Crippen molar-refractivity contribution in [1.29, 1.82) is 0 Å². The molecule has 2 rings (SSSR count). The first-order valence-corrected chi connectivity index (χ1v) is 6.23. The smallest absolute Gasteiger partial charge is 0.255 e. The third-order valence-corrected chi connectivity index (χ3v) is 3.07. The molecule has 0 aliphatic carbocycles. The summed E-state index contributed by atoms with van der Waals surface area (Å²) < 4.78 is 0. The molecule has 1 amide bonds. The normalized spacial score (nSPS) is 10.1. The van der Waals surface area contributed by atoms with E-state index in [1.807, 2.05) is 62.3 Å². The van der Waals surface area contributed by atoms with Crippen LogP contribution in [0, 0.1) is 6.92 Å². The van der Waals surface area contributed by atoms with Crippen molar-refractivity contribution >= 4 is 17.3 Å². The molecule has 0 saturated carbocycles. The van der Waals surface area contributed by atoms with Gasteiger partial charge >= 0.3 is 0 Å². The lowest BCUT2D eigenvalue weighted by molar-refractivity contribution is 0.102. The van der Waals surface area contributed by atoms with Crippen LogP contribution in [0.25, 0.3) is 0 Å². The summed E-state index contributed by atoms with van der Waals surface area (Å²) in [6, 6.07) is 15.1. The van der Waals surface area contributed by atoms with Crippen molar-refractivity contribution in [2.75, 3.05) is 24.3 Å². The van der Waals surface area contributed by atoms with E-state index < -0.39 is 0 Å². The summed E-state index contributed by atoms with van der Waals surface area (Å²) in [4.78, 5) is 14.2. The summed E-state index contributed by atoms with van der Waals surface area (Å²) in [7, 11) is 3.98. The monoisotopic (exact) mass is 254 g/mol. The van der Waals surface area contributed by atoms with Gasteiger partial charge in [0, 0.05) is 31.0 Å². The van der Waals surface area contributed by atoms with Gasteiger partial charge in [-0.3, -0.25) is 4.79 Å². The van der Waals surface area contributed by atoms with Gasteiger partial charge in [-0.25, -0.2) is 0 Å². The van der Waals surface area contributed by atoms with E-state index in [1.165, 1.54) is 0 Å². The number of benzene rings is 2. The summed E-state index contributed by atoms with van der Waals surface area (Å²) in [5.74, 6) is -0.0837. The number of hydrogen-bond acceptors (Lipinski definition) is 2. The van der Waals surface area contributed by atoms with E-state index in [-0.39, 0.29) is 5.91 Å². The van der Waals surface area contributed by atoms with Crippen molar-refractivity contribution in [3.8, 4) is 0 Å². The predicted octanol–water partition coefficient (Wildman–Crippen LogP) is 3.31. The van der Waals surface area contributed by atoms with Crippen LogP contribution in [0.15, 0.2) is 48.5 Å². The van der Waals surface area contributed by atoms with Crippen molar-refractivity contribution in [2.45, 2.75) is 6.92 Å². The molecule has 19 heavy (non-hydrogen) atoms. The van der Waals surface area contributed by atoms with Crippen molar-refractivity contribution in [1.82, 2.24) is 0 Å². The zero-order chi connectivity index (χ0) is 13.8. The van der Waals surface area contributed by atoms with Crippen LogP contribution in [0.2, 0.25) is 0 Å². The van der Waals surface area contributed by atoms with Crippen LogP contribution in [-0.4, -0.2) is 20.0 Å². The number of rotatable bonds is 3. The first kappa shape index (κ1) is 13.1. The summed E-state index contributed by atoms with van der Waals surface area (Å²) in [6.07, 6.45) is 0. The third-order valence-electron chi connectivity index (χ3n) is 3.07. The SMILES string of the molecule is Cc1c(NC(=O)c2ccccc2)cccc1N(C)C. The molecule has 0 aliphatic rings. The topological polar surface area (TPSA) is 32.3 Å². The van der Waals surface area contributed by atoms with Gasteiger partial charge in [0.05, 0.1) is 0 Å². The Labute approximate surface area is 113 Å². The number of carbonyl (C=O) groups is 1. The van der Waals surface area contributed by atoms with Crippen LogP contribution in [0.3, 0.4) is 0 Å². The van der Waals surface area contributed by atoms with E-state index in [4.69, 9.17) is 0 Å². The standard InChI is InChI=1S/C16H18N2O/c1-12-14(10-7-11-15(12)18(2)3)17-16(19)13-8-5-4-6-9-13/h4-11H,1-3H3,(H,17,19). The Kier molecular flexibility index (Phi) is 3.85. The van der Waals surface area contributed by atoms with E-state index in [0.29, 0.717) is 5.56 Å². The summed E-state index contributed by atoms with van der Waals surface area (Å²) >= 11 is 0. The molecule has 0 saturated heterocycles. The Morgan fingerprint density at radius 2 is 1.68 bits per heavy atom. The number of hydrogen-bond donors (Lipinski definition) is 1. The number of carbonyl (C=O) groups excluding carboxylic acids is 1. The van der Waals surface area contributed by atoms with Gasteiger partial charge in [-0.1, -0.05) is 24.3 Å². The molecule has 0 bridgehead atoms. The zero-order valence-electron chi connectivity index (χ0n) is 11.5. The van der Waals surface area contributed by atoms with Gasteiger partial charge in [-0.15, -0.1) is 0 Å². The Balaban J connectivity index is 2.25. The number of anilines is 2. The molecule has 2 aromatic rings. The molecule has 0 spiro atoms. The van der Waals surface area contributed by atoms with Gasteiger partial charge in [0.15, 0.2) is 0 Å². The van der Waals surface area contributed by atoms with Crippen LogP contribution in [0.4, 0.5) is 11.4 Å². The highest BCUT2D eigenvalue weighted by molar-refractivity contribution is 6.04. The molecule has 2 aromatic carbocycles. The minimum Gasteiger partial charge on any atom is -0.377 e. The fourth-order valence-electron chi connectivity index (χ4n) is 2.03. The van der Waals surface area contributed by atoms with E-state index in [0.717, 1.165) is 16.9 Å². The molecular weight excluding hydrogens is 236 g/mol. The Bertz CT molecular complexity index is 577. The van der Waals surface area contributed by atoms with Gasteiger partial charge in [0.1, 0.15) is 0 Å². The van der Waals surface area contributed by atoms with Gasteiger partial charge in [0.25, 0.3) is 5.91 Å². The molecule has 98 valence electrons. The molecule has 0 unspecified atom stereocenters. The van der Waals surface area contributed by atoms with Crippen molar-refractivity contribution in [3.05, 3.63) is 59.7 Å². The fraction of sp³-hybridized carbons (Fsp3) is 0.188. The van der Waals surface area contributed by atoms with E-state index in [9.17, 15) is 4.79 Å². The maximum absolute atomic E-state index is 12.1. The third kappa shape index (κ3) is 2.94. The minimum absolute atomic E-state index is 0.0837. The number of nitrogens with zero attached hydrogens (tertiary/aromatic N) is 1. The number of amides is 1. The van der Waals surface area contributed by atoms with Gasteiger partial charge in [0.2, 0.25) is 0 Å². The lowest BCUT2D eigenvalue weighted by Crippen LogP contribution is -2.15. The molecule has 0 aromatic heterocycles. The van der Waals surface area contributed by atoms with Crippen molar-refractivity contribution < 1.29 is 4.79 Å². The van der Waals surface area contributed by atoms with Gasteiger partial charge in [-0.05, 0) is 36.8 Å². The first-order chi connectivity index (χ1) is 9.09. The van der Waals surface area contributed by atoms with Crippen LogP contribution < -0.4 is 10.2 Å². The van der Waals surface area contributed by atoms with Crippen LogP contribution in [0.5, 0.6) is 0 Å². The number of nitrogens with one attached hydrogen (secondary N) is 1. The van der Waals surface area contributed by atoms with Gasteiger partial charge in [-0.2, -0.15) is 0 Å². The maximum Gasteiger partial charge on any atom is 0.255 e. The summed E-state index contributed by atoms with van der Waals surface area (Å²) in [6.45, 7) is 2.01. The van der Waals surface area contributed by atoms with Crippen LogP contribution in [-0.2, 0) is 0 Å². The molecule has 3 nitrogen and oxygen atoms in total. The second-order valence-electron chi connectivity index (χ2n) is 4.66. The second-order valence-corrected chi connectivity index (χ2v) is 4.66. The lowest BCUT2D eigenvalue weighted by Gasteiger charge is -2.18. The maximum atomic E-state index is 12.1. The van der Waals surface area contributed by atoms with Crippen LogP contribution in [0.1, 0.15) is 15.9 Å². The van der Waals surface area contributed by atoms with Crippen molar-refractivity contribution in [2.24, 2.45) is 0 Å². The first-order valence-electron chi connectivity index (χ1n) is 6.23. The van der Waals surface area contributed by atoms with E-state index in [1.54, 1.807) is 12.1 Å². The molecule has 0 heterocycles. The molecule has 0 fully saturated rings. The second kappa shape index (κ2) is 5.57. The zero-order valence-corrected chi connectivity index (χ0v) is 11.5. The quantitative estimate of drug-likeness (QED) is 0.911. The Morgan fingerprint density at radius 3 is 2.32 bits per heavy atom. The largest absolute Gasteiger partial charge is 0.377 e.